The molecule has 1 aromatic rings. The van der Waals surface area contributed by atoms with E-state index >= 15 is 0 Å². The molecule has 0 fully saturated rings. The van der Waals surface area contributed by atoms with Crippen molar-refractivity contribution in [2.75, 3.05) is 73.0 Å². The number of carbonyl (C=O) groups is 13. The zero-order chi connectivity index (χ0) is 86.4. The maximum atomic E-state index is 14.9. The minimum atomic E-state index is -1.71. The van der Waals surface area contributed by atoms with Crippen molar-refractivity contribution < 1.29 is 67.4 Å². The Morgan fingerprint density at radius 1 is 0.365 bits per heavy atom. The number of aromatic hydroxyl groups is 1. The third-order valence-electron chi connectivity index (χ3n) is 17.0. The van der Waals surface area contributed by atoms with E-state index in [-0.39, 0.29) is 197 Å². The van der Waals surface area contributed by atoms with Crippen LogP contribution in [0.25, 0.3) is 0 Å². The van der Waals surface area contributed by atoms with Gasteiger partial charge in [-0.1, -0.05) is 12.1 Å². The Kier molecular flexibility index (Phi) is 50.5. The molecule has 0 unspecified atom stereocenters. The first-order chi connectivity index (χ1) is 54.5. The molecule has 1 aromatic carbocycles. The minimum Gasteiger partial charge on any atom is -0.508 e. The van der Waals surface area contributed by atoms with E-state index in [0.29, 0.717) is 24.4 Å². The first kappa shape index (κ1) is 101. The molecule has 0 radical (unpaired) electrons. The molecule has 0 saturated carbocycles. The topological polar surface area (TPSA) is 837 Å². The fourth-order valence-electron chi connectivity index (χ4n) is 11.1. The summed E-state index contributed by atoms with van der Waals surface area (Å²) in [4.78, 5) is 205. The first-order valence-corrected chi connectivity index (χ1v) is 37.7. The average molecular weight is 1630 g/mol. The number of primary amides is 2. The monoisotopic (exact) mass is 1630 g/mol. The van der Waals surface area contributed by atoms with Gasteiger partial charge in [-0.05, 0) is 153 Å². The van der Waals surface area contributed by atoms with Gasteiger partial charge >= 0.3 is 0 Å². The van der Waals surface area contributed by atoms with Gasteiger partial charge in [0.2, 0.25) is 76.8 Å². The summed E-state index contributed by atoms with van der Waals surface area (Å²) in [7, 11) is 3.11. The van der Waals surface area contributed by atoms with Gasteiger partial charge in [0.15, 0.2) is 35.8 Å². The summed E-state index contributed by atoms with van der Waals surface area (Å²) >= 11 is 0. The summed E-state index contributed by atoms with van der Waals surface area (Å²) in [5, 5.41) is 44.2. The number of carbonyl (C=O) groups excluding carboxylic acids is 13. The van der Waals surface area contributed by atoms with Crippen LogP contribution < -0.4 is 149 Å². The zero-order valence-electron chi connectivity index (χ0n) is 65.8. The molecule has 13 amide bonds. The largest absolute Gasteiger partial charge is 0.508 e. The molecular formula is C68H125N33O14. The molecule has 42 N–H and O–H groups in total. The van der Waals surface area contributed by atoms with Crippen LogP contribution >= 0.6 is 0 Å². The van der Waals surface area contributed by atoms with Gasteiger partial charge in [0.25, 0.3) is 0 Å². The molecule has 0 spiro atoms. The fourth-order valence-corrected chi connectivity index (χ4v) is 11.1. The van der Waals surface area contributed by atoms with Gasteiger partial charge in [0.05, 0.1) is 6.54 Å². The van der Waals surface area contributed by atoms with Gasteiger partial charge in [-0.15, -0.1) is 0 Å². The SMILES string of the molecule is CN=C(NC)NCCC[C@H](NC(=O)[C@H](CCC(N)=O)NC(=O)[C@H](CCCN=C(N)N)NC(=O)[C@H](CCCN=C(N)N)NC(=O)[C@H](CCCCN)NC(=O)[C@H](CCCCN)NC(=O)[C@H](CCCN=C(N)N)NC(=O)CNC(=O)[C@H](Cc1ccc(O)cc1)NC(C)=O)C(=O)N[C@@H](CCCN=C(N)N)C(=O)N[C@@H](CCCN=C(N)N)C(N)=O. The Balaban J connectivity index is 3.96. The lowest BCUT2D eigenvalue weighted by molar-refractivity contribution is -0.136. The zero-order valence-corrected chi connectivity index (χ0v) is 65.8. The second kappa shape index (κ2) is 57.7. The molecule has 47 nitrogen and oxygen atoms in total. The molecule has 47 heteroatoms. The molecule has 10 atom stereocenters. The Morgan fingerprint density at radius 3 is 0.965 bits per heavy atom. The third kappa shape index (κ3) is 46.3. The van der Waals surface area contributed by atoms with Crippen LogP contribution in [0.4, 0.5) is 0 Å². The molecular weight excluding hydrogens is 1500 g/mol. The van der Waals surface area contributed by atoms with Crippen LogP contribution in [0.2, 0.25) is 0 Å². The van der Waals surface area contributed by atoms with Crippen LogP contribution in [0.15, 0.2) is 54.2 Å². The van der Waals surface area contributed by atoms with Crippen molar-refractivity contribution in [3.8, 4) is 5.75 Å². The van der Waals surface area contributed by atoms with E-state index in [1.807, 2.05) is 0 Å². The number of phenolic OH excluding ortho intramolecular Hbond substituents is 1. The molecule has 1 rings (SSSR count). The molecule has 0 aliphatic heterocycles. The summed E-state index contributed by atoms with van der Waals surface area (Å²) < 4.78 is 0. The van der Waals surface area contributed by atoms with Gasteiger partial charge in [-0.25, -0.2) is 0 Å². The van der Waals surface area contributed by atoms with Gasteiger partial charge in [-0.3, -0.25) is 92.3 Å². The maximum Gasteiger partial charge on any atom is 0.243 e. The highest BCUT2D eigenvalue weighted by atomic mass is 16.3. The molecule has 0 aromatic heterocycles. The van der Waals surface area contributed by atoms with Crippen molar-refractivity contribution in [3.63, 3.8) is 0 Å². The average Bonchev–Trinajstić information content (AvgIpc) is 0.864. The summed E-state index contributed by atoms with van der Waals surface area (Å²) in [5.41, 5.74) is 79.1. The highest BCUT2D eigenvalue weighted by Gasteiger charge is 2.36. The van der Waals surface area contributed by atoms with Crippen LogP contribution in [0.3, 0.4) is 0 Å². The van der Waals surface area contributed by atoms with Gasteiger partial charge in [0.1, 0.15) is 66.2 Å². The predicted molar refractivity (Wildman–Crippen MR) is 432 cm³/mol. The van der Waals surface area contributed by atoms with E-state index in [4.69, 9.17) is 80.3 Å². The van der Waals surface area contributed by atoms with E-state index in [9.17, 15) is 67.4 Å². The molecule has 115 heavy (non-hydrogen) atoms. The quantitative estimate of drug-likeness (QED) is 0.0164. The van der Waals surface area contributed by atoms with E-state index in [2.05, 4.69) is 99.1 Å². The minimum absolute atomic E-state index is 0.0000486. The predicted octanol–water partition coefficient (Wildman–Crippen LogP) is -11.2. The number of nitrogens with one attached hydrogen (secondary N) is 13. The number of guanidine groups is 6. The van der Waals surface area contributed by atoms with E-state index in [1.165, 1.54) is 26.1 Å². The lowest BCUT2D eigenvalue weighted by Gasteiger charge is -2.28. The van der Waals surface area contributed by atoms with Crippen molar-refractivity contribution >= 4 is 113 Å². The Morgan fingerprint density at radius 2 is 0.670 bits per heavy atom. The van der Waals surface area contributed by atoms with E-state index in [1.54, 1.807) is 19.2 Å². The van der Waals surface area contributed by atoms with Crippen molar-refractivity contribution in [1.29, 1.82) is 0 Å². The summed E-state index contributed by atoms with van der Waals surface area (Å²) in [5.74, 6) is -12.7. The summed E-state index contributed by atoms with van der Waals surface area (Å²) in [6.07, 6.45) is -0.405. The van der Waals surface area contributed by atoms with Crippen LogP contribution in [-0.2, 0) is 68.7 Å². The molecule has 0 heterocycles. The molecule has 0 aliphatic rings. The Labute approximate surface area is 667 Å². The molecule has 646 valence electrons. The maximum absolute atomic E-state index is 14.9. The third-order valence-corrected chi connectivity index (χ3v) is 17.0. The number of amides is 13. The number of nitrogens with zero attached hydrogens (tertiary/aromatic N) is 6. The molecule has 0 bridgehead atoms. The lowest BCUT2D eigenvalue weighted by Crippen LogP contribution is -2.60. The number of hydrogen-bond acceptors (Lipinski definition) is 22. The molecule has 0 saturated heterocycles. The second-order valence-corrected chi connectivity index (χ2v) is 26.6. The highest BCUT2D eigenvalue weighted by Crippen LogP contribution is 2.15. The Hall–Kier alpha value is -12.3. The van der Waals surface area contributed by atoms with Crippen LogP contribution in [0.5, 0.6) is 5.75 Å². The smallest absolute Gasteiger partial charge is 0.243 e. The van der Waals surface area contributed by atoms with Crippen LogP contribution in [0, 0.1) is 0 Å². The number of rotatable bonds is 59. The van der Waals surface area contributed by atoms with Gasteiger partial charge in [0, 0.05) is 73.1 Å². The number of unbranched alkanes of at least 4 members (excludes halogenated alkanes) is 2. The number of hydrogen-bond donors (Lipinski definition) is 28. The lowest BCUT2D eigenvalue weighted by atomic mass is 10.0. The first-order valence-electron chi connectivity index (χ1n) is 37.7. The number of benzene rings is 1. The normalized spacial score (nSPS) is 13.5. The highest BCUT2D eigenvalue weighted by molar-refractivity contribution is 5.99. The van der Waals surface area contributed by atoms with E-state index in [0.717, 1.165) is 0 Å². The summed E-state index contributed by atoms with van der Waals surface area (Å²) in [6, 6.07) is -8.70. The van der Waals surface area contributed by atoms with Crippen molar-refractivity contribution in [1.82, 2.24) is 69.1 Å². The van der Waals surface area contributed by atoms with Crippen molar-refractivity contribution in [2.45, 2.75) is 202 Å². The number of nitrogens with two attached hydrogens (primary N) is 14. The second-order valence-electron chi connectivity index (χ2n) is 26.6. The van der Waals surface area contributed by atoms with Gasteiger partial charge in [-0.2, -0.15) is 0 Å². The fraction of sp³-hybridized carbons (Fsp3) is 0.632. The number of phenols is 1. The van der Waals surface area contributed by atoms with Crippen LogP contribution in [-0.4, -0.2) is 251 Å². The molecule has 0 aliphatic carbocycles. The van der Waals surface area contributed by atoms with Crippen molar-refractivity contribution in [3.05, 3.63) is 29.8 Å². The van der Waals surface area contributed by atoms with Crippen LogP contribution in [0.1, 0.15) is 141 Å². The standard InChI is InChI=1S/C68H125N33O14/c1-38(102)92-50(36-39-22-24-40(103)25-23-39)54(107)91-37-52(105)93-42(17-9-31-86-64(75)76)55(108)95-43(14-4-6-28-69)57(110)96-44(15-5-7-29-70)58(111)98-46(19-11-33-88-66(79)80)59(112)99-47(20-12-34-89-67(81)82)61(114)101-49(26-27-51(71)104)62(115)100-48(21-13-35-90-68(83-2)84-3)60(113)97-45(18-10-32-87-65(77)78)56(109)94-41(53(72)106)16-8-30-85-63(73)74/h22-25,41-50,103H,4-21,26-37,69-70H2,1-3H3,(H2,71,104)(H2,72,106)(H,91,107)(H,92,102)(H,93,105)(H,94,109)(H,95,108)(H,96,110)(H,97,113)(H,98,111)(H,99,112)(H,100,115)(H,101,114)(H4,73,74,85)(H4,75,76,86)(H4,77,78,87)(H4,79,80,88)(H4,81,82,89)(H2,83,84,90)/t41-,42-,43-,44-,45-,46-,47-,48-,49-,50-/m0/s1. The number of aliphatic imine (C=N–C) groups is 6. The van der Waals surface area contributed by atoms with Gasteiger partial charge < -0.3 is 154 Å². The summed E-state index contributed by atoms with van der Waals surface area (Å²) in [6.45, 7) is 0.883. The van der Waals surface area contributed by atoms with E-state index < -0.39 is 157 Å². The Bertz CT molecular complexity index is 3450. The van der Waals surface area contributed by atoms with Crippen molar-refractivity contribution in [2.24, 2.45) is 110 Å².